The van der Waals surface area contributed by atoms with E-state index in [0.29, 0.717) is 0 Å². The van der Waals surface area contributed by atoms with Crippen molar-refractivity contribution in [2.45, 2.75) is 52.9 Å². The highest BCUT2D eigenvalue weighted by Crippen LogP contribution is 2.08. The average Bonchev–Trinajstić information content (AvgIpc) is 2.02. The summed E-state index contributed by atoms with van der Waals surface area (Å²) in [6, 6.07) is 0. The molecule has 0 spiro atoms. The van der Waals surface area contributed by atoms with E-state index in [2.05, 4.69) is 26.1 Å². The molecule has 0 atom stereocenters. The summed E-state index contributed by atoms with van der Waals surface area (Å²) in [7, 11) is 0. The fourth-order valence-corrected chi connectivity index (χ4v) is 1.33. The standard InChI is InChI=1S/C11H25N/c1-4-12-10-8-6-5-7-9-11(2)3/h11-12H,4-10H2,1-3H3. The van der Waals surface area contributed by atoms with Gasteiger partial charge in [-0.05, 0) is 25.4 Å². The Labute approximate surface area is 77.9 Å². The van der Waals surface area contributed by atoms with Crippen LogP contribution >= 0.6 is 0 Å². The molecule has 0 heterocycles. The summed E-state index contributed by atoms with van der Waals surface area (Å²) in [5.41, 5.74) is 0. The van der Waals surface area contributed by atoms with Gasteiger partial charge in [-0.1, -0.05) is 46.5 Å². The molecule has 0 aromatic carbocycles. The second kappa shape index (κ2) is 9.05. The molecule has 0 saturated heterocycles. The minimum Gasteiger partial charge on any atom is -0.317 e. The molecule has 0 aromatic heterocycles. The number of unbranched alkanes of at least 4 members (excludes halogenated alkanes) is 3. The monoisotopic (exact) mass is 171 g/mol. The quantitative estimate of drug-likeness (QED) is 0.553. The maximum absolute atomic E-state index is 3.35. The molecule has 0 bridgehead atoms. The van der Waals surface area contributed by atoms with Crippen LogP contribution in [-0.4, -0.2) is 13.1 Å². The lowest BCUT2D eigenvalue weighted by Gasteiger charge is -2.04. The van der Waals surface area contributed by atoms with E-state index in [1.807, 2.05) is 0 Å². The van der Waals surface area contributed by atoms with Crippen LogP contribution in [0.2, 0.25) is 0 Å². The molecule has 0 aliphatic heterocycles. The Hall–Kier alpha value is -0.0400. The van der Waals surface area contributed by atoms with Gasteiger partial charge in [0.15, 0.2) is 0 Å². The van der Waals surface area contributed by atoms with E-state index in [9.17, 15) is 0 Å². The van der Waals surface area contributed by atoms with Crippen molar-refractivity contribution in [2.24, 2.45) is 5.92 Å². The van der Waals surface area contributed by atoms with E-state index in [1.165, 1.54) is 38.6 Å². The van der Waals surface area contributed by atoms with Gasteiger partial charge in [-0.3, -0.25) is 0 Å². The van der Waals surface area contributed by atoms with Crippen LogP contribution in [0, 0.1) is 5.92 Å². The number of rotatable bonds is 8. The van der Waals surface area contributed by atoms with Gasteiger partial charge in [-0.25, -0.2) is 0 Å². The fourth-order valence-electron chi connectivity index (χ4n) is 1.33. The lowest BCUT2D eigenvalue weighted by atomic mass is 10.0. The van der Waals surface area contributed by atoms with E-state index in [1.54, 1.807) is 0 Å². The Kier molecular flexibility index (Phi) is 9.02. The molecule has 0 rings (SSSR count). The number of hydrogen-bond donors (Lipinski definition) is 1. The van der Waals surface area contributed by atoms with Crippen LogP contribution in [-0.2, 0) is 0 Å². The van der Waals surface area contributed by atoms with Crippen molar-refractivity contribution in [2.75, 3.05) is 13.1 Å². The van der Waals surface area contributed by atoms with Crippen molar-refractivity contribution in [3.8, 4) is 0 Å². The number of nitrogens with one attached hydrogen (secondary N) is 1. The van der Waals surface area contributed by atoms with Crippen molar-refractivity contribution >= 4 is 0 Å². The molecule has 0 saturated carbocycles. The Morgan fingerprint density at radius 3 is 2.25 bits per heavy atom. The zero-order valence-corrected chi connectivity index (χ0v) is 9.03. The van der Waals surface area contributed by atoms with E-state index < -0.39 is 0 Å². The normalized spacial score (nSPS) is 11.0. The maximum Gasteiger partial charge on any atom is -0.00490 e. The van der Waals surface area contributed by atoms with Gasteiger partial charge >= 0.3 is 0 Å². The Morgan fingerprint density at radius 1 is 1.00 bits per heavy atom. The van der Waals surface area contributed by atoms with Gasteiger partial charge in [-0.15, -0.1) is 0 Å². The zero-order chi connectivity index (χ0) is 9.23. The minimum absolute atomic E-state index is 0.888. The number of hydrogen-bond acceptors (Lipinski definition) is 1. The van der Waals surface area contributed by atoms with E-state index in [0.717, 1.165) is 12.5 Å². The van der Waals surface area contributed by atoms with Gasteiger partial charge in [0.1, 0.15) is 0 Å². The first kappa shape index (κ1) is 12.0. The summed E-state index contributed by atoms with van der Waals surface area (Å²) in [5, 5.41) is 3.35. The van der Waals surface area contributed by atoms with Gasteiger partial charge < -0.3 is 5.32 Å². The van der Waals surface area contributed by atoms with Gasteiger partial charge in [0.2, 0.25) is 0 Å². The summed E-state index contributed by atoms with van der Waals surface area (Å²) < 4.78 is 0. The maximum atomic E-state index is 3.35. The van der Waals surface area contributed by atoms with E-state index >= 15 is 0 Å². The van der Waals surface area contributed by atoms with Crippen molar-refractivity contribution in [3.63, 3.8) is 0 Å². The van der Waals surface area contributed by atoms with Crippen LogP contribution in [0.1, 0.15) is 52.9 Å². The second-order valence-electron chi connectivity index (χ2n) is 3.95. The van der Waals surface area contributed by atoms with Gasteiger partial charge in [0.25, 0.3) is 0 Å². The molecule has 0 aromatic rings. The SMILES string of the molecule is CCNCCCCCCC(C)C. The molecule has 0 unspecified atom stereocenters. The van der Waals surface area contributed by atoms with Crippen molar-refractivity contribution < 1.29 is 0 Å². The van der Waals surface area contributed by atoms with Crippen molar-refractivity contribution in [1.82, 2.24) is 5.32 Å². The summed E-state index contributed by atoms with van der Waals surface area (Å²) in [6.45, 7) is 9.10. The van der Waals surface area contributed by atoms with Gasteiger partial charge in [0, 0.05) is 0 Å². The van der Waals surface area contributed by atoms with Crippen molar-refractivity contribution in [3.05, 3.63) is 0 Å². The first-order valence-corrected chi connectivity index (χ1v) is 5.48. The summed E-state index contributed by atoms with van der Waals surface area (Å²) >= 11 is 0. The molecule has 1 heteroatoms. The van der Waals surface area contributed by atoms with E-state index in [-0.39, 0.29) is 0 Å². The van der Waals surface area contributed by atoms with Crippen LogP contribution in [0.5, 0.6) is 0 Å². The Balaban J connectivity index is 2.82. The van der Waals surface area contributed by atoms with Crippen LogP contribution in [0.4, 0.5) is 0 Å². The molecule has 0 amide bonds. The van der Waals surface area contributed by atoms with Gasteiger partial charge in [-0.2, -0.15) is 0 Å². The molecule has 74 valence electrons. The molecule has 12 heavy (non-hydrogen) atoms. The highest BCUT2D eigenvalue weighted by atomic mass is 14.8. The minimum atomic E-state index is 0.888. The molecule has 0 aliphatic rings. The smallest absolute Gasteiger partial charge is 0.00490 e. The van der Waals surface area contributed by atoms with Crippen LogP contribution in [0.25, 0.3) is 0 Å². The first-order valence-electron chi connectivity index (χ1n) is 5.48. The zero-order valence-electron chi connectivity index (χ0n) is 9.03. The van der Waals surface area contributed by atoms with Crippen LogP contribution in [0.3, 0.4) is 0 Å². The molecule has 0 fully saturated rings. The largest absolute Gasteiger partial charge is 0.317 e. The Morgan fingerprint density at radius 2 is 1.67 bits per heavy atom. The third kappa shape index (κ3) is 9.96. The lowest BCUT2D eigenvalue weighted by Crippen LogP contribution is -2.13. The summed E-state index contributed by atoms with van der Waals surface area (Å²) in [6.07, 6.45) is 7.00. The Bertz CT molecular complexity index is 79.1. The third-order valence-electron chi connectivity index (χ3n) is 2.14. The molecule has 0 radical (unpaired) electrons. The highest BCUT2D eigenvalue weighted by Gasteiger charge is 1.93. The highest BCUT2D eigenvalue weighted by molar-refractivity contribution is 4.49. The third-order valence-corrected chi connectivity index (χ3v) is 2.14. The van der Waals surface area contributed by atoms with Crippen LogP contribution < -0.4 is 5.32 Å². The summed E-state index contributed by atoms with van der Waals surface area (Å²) in [4.78, 5) is 0. The van der Waals surface area contributed by atoms with Crippen LogP contribution in [0.15, 0.2) is 0 Å². The first-order chi connectivity index (χ1) is 5.77. The second-order valence-corrected chi connectivity index (χ2v) is 3.95. The van der Waals surface area contributed by atoms with Crippen molar-refractivity contribution in [1.29, 1.82) is 0 Å². The topological polar surface area (TPSA) is 12.0 Å². The molecule has 1 N–H and O–H groups in total. The average molecular weight is 171 g/mol. The van der Waals surface area contributed by atoms with Gasteiger partial charge in [0.05, 0.1) is 0 Å². The predicted molar refractivity (Wildman–Crippen MR) is 56.5 cm³/mol. The summed E-state index contributed by atoms with van der Waals surface area (Å²) in [5.74, 6) is 0.888. The van der Waals surface area contributed by atoms with E-state index in [4.69, 9.17) is 0 Å². The lowest BCUT2D eigenvalue weighted by molar-refractivity contribution is 0.514. The fraction of sp³-hybridized carbons (Fsp3) is 1.00. The molecular weight excluding hydrogens is 146 g/mol. The molecule has 1 nitrogen and oxygen atoms in total. The predicted octanol–water partition coefficient (Wildman–Crippen LogP) is 3.20. The molecule has 0 aliphatic carbocycles. The molecular formula is C11H25N.